The maximum absolute atomic E-state index is 13.8. The van der Waals surface area contributed by atoms with Crippen LogP contribution in [0.15, 0.2) is 18.2 Å². The molecule has 2 heterocycles. The van der Waals surface area contributed by atoms with Gasteiger partial charge < -0.3 is 5.32 Å². The van der Waals surface area contributed by atoms with Crippen LogP contribution in [0.4, 0.5) is 8.78 Å². The standard InChI is InChI=1S/C15H20F2N2.ClH/c1-11(13-8-12(16)2-3-14(13)17)19-7-5-15(10-19)4-6-18-9-15;/h2-3,8,11,18H,4-7,9-10H2,1H3;1H. The van der Waals surface area contributed by atoms with Gasteiger partial charge in [0, 0.05) is 24.7 Å². The van der Waals surface area contributed by atoms with Gasteiger partial charge in [0.2, 0.25) is 0 Å². The van der Waals surface area contributed by atoms with Gasteiger partial charge in [0.15, 0.2) is 0 Å². The van der Waals surface area contributed by atoms with E-state index in [4.69, 9.17) is 0 Å². The zero-order valence-electron chi connectivity index (χ0n) is 11.7. The lowest BCUT2D eigenvalue weighted by atomic mass is 9.86. The number of halogens is 3. The molecule has 0 radical (unpaired) electrons. The van der Waals surface area contributed by atoms with E-state index in [1.54, 1.807) is 0 Å². The van der Waals surface area contributed by atoms with Crippen LogP contribution in [-0.4, -0.2) is 31.1 Å². The molecule has 1 spiro atoms. The first-order chi connectivity index (χ1) is 9.10. The highest BCUT2D eigenvalue weighted by Gasteiger charge is 2.41. The van der Waals surface area contributed by atoms with E-state index in [9.17, 15) is 8.78 Å². The Morgan fingerprint density at radius 1 is 1.30 bits per heavy atom. The predicted molar refractivity (Wildman–Crippen MR) is 78.1 cm³/mol. The Morgan fingerprint density at radius 3 is 2.80 bits per heavy atom. The van der Waals surface area contributed by atoms with E-state index in [2.05, 4.69) is 10.2 Å². The molecule has 0 saturated carbocycles. The Balaban J connectivity index is 0.00000147. The van der Waals surface area contributed by atoms with E-state index >= 15 is 0 Å². The van der Waals surface area contributed by atoms with Gasteiger partial charge in [-0.1, -0.05) is 0 Å². The second-order valence-electron chi connectivity index (χ2n) is 5.99. The summed E-state index contributed by atoms with van der Waals surface area (Å²) in [4.78, 5) is 2.28. The van der Waals surface area contributed by atoms with Crippen LogP contribution >= 0.6 is 12.4 Å². The molecule has 2 saturated heterocycles. The minimum atomic E-state index is -0.361. The van der Waals surface area contributed by atoms with Crippen molar-refractivity contribution < 1.29 is 8.78 Å². The van der Waals surface area contributed by atoms with E-state index in [1.165, 1.54) is 24.6 Å². The first-order valence-electron chi connectivity index (χ1n) is 6.99. The summed E-state index contributed by atoms with van der Waals surface area (Å²) in [6, 6.07) is 3.68. The van der Waals surface area contributed by atoms with Gasteiger partial charge >= 0.3 is 0 Å². The number of hydrogen-bond acceptors (Lipinski definition) is 2. The Bertz CT molecular complexity index is 475. The monoisotopic (exact) mass is 302 g/mol. The molecule has 1 N–H and O–H groups in total. The molecule has 0 aromatic heterocycles. The minimum Gasteiger partial charge on any atom is -0.316 e. The topological polar surface area (TPSA) is 15.3 Å². The summed E-state index contributed by atoms with van der Waals surface area (Å²) in [6.45, 7) is 6.06. The molecule has 1 aromatic rings. The second kappa shape index (κ2) is 5.96. The molecule has 1 aromatic carbocycles. The van der Waals surface area contributed by atoms with Crippen molar-refractivity contribution in [2.75, 3.05) is 26.2 Å². The lowest BCUT2D eigenvalue weighted by molar-refractivity contribution is 0.220. The summed E-state index contributed by atoms with van der Waals surface area (Å²) in [5.41, 5.74) is 0.834. The summed E-state index contributed by atoms with van der Waals surface area (Å²) >= 11 is 0. The fourth-order valence-corrected chi connectivity index (χ4v) is 3.48. The van der Waals surface area contributed by atoms with Crippen molar-refractivity contribution >= 4 is 12.4 Å². The number of hydrogen-bond donors (Lipinski definition) is 1. The van der Waals surface area contributed by atoms with Gasteiger partial charge in [0.25, 0.3) is 0 Å². The highest BCUT2D eigenvalue weighted by molar-refractivity contribution is 5.85. The average molecular weight is 303 g/mol. The van der Waals surface area contributed by atoms with E-state index in [1.807, 2.05) is 6.92 Å². The molecule has 5 heteroatoms. The van der Waals surface area contributed by atoms with Crippen molar-refractivity contribution in [1.29, 1.82) is 0 Å². The molecule has 2 unspecified atom stereocenters. The van der Waals surface area contributed by atoms with Crippen LogP contribution in [0.2, 0.25) is 0 Å². The highest BCUT2D eigenvalue weighted by atomic mass is 35.5. The molecule has 2 aliphatic rings. The van der Waals surface area contributed by atoms with Crippen LogP contribution < -0.4 is 5.32 Å². The summed E-state index contributed by atoms with van der Waals surface area (Å²) in [6.07, 6.45) is 2.35. The Hall–Kier alpha value is -0.710. The van der Waals surface area contributed by atoms with E-state index in [0.717, 1.165) is 32.6 Å². The first-order valence-corrected chi connectivity index (χ1v) is 6.99. The molecule has 0 aliphatic carbocycles. The average Bonchev–Trinajstić information content (AvgIpc) is 3.03. The van der Waals surface area contributed by atoms with Gasteiger partial charge in [-0.2, -0.15) is 0 Å². The fraction of sp³-hybridized carbons (Fsp3) is 0.600. The smallest absolute Gasteiger partial charge is 0.128 e. The van der Waals surface area contributed by atoms with Crippen LogP contribution in [0, 0.1) is 17.0 Å². The Morgan fingerprint density at radius 2 is 2.10 bits per heavy atom. The number of nitrogens with one attached hydrogen (secondary N) is 1. The maximum Gasteiger partial charge on any atom is 0.128 e. The molecule has 2 aliphatic heterocycles. The summed E-state index contributed by atoms with van der Waals surface area (Å²) in [5.74, 6) is -0.668. The Labute approximate surface area is 124 Å². The molecule has 0 bridgehead atoms. The molecule has 2 fully saturated rings. The van der Waals surface area contributed by atoms with Crippen LogP contribution in [0.25, 0.3) is 0 Å². The van der Waals surface area contributed by atoms with Crippen LogP contribution in [0.1, 0.15) is 31.4 Å². The van der Waals surface area contributed by atoms with Crippen LogP contribution in [-0.2, 0) is 0 Å². The number of likely N-dealkylation sites (tertiary alicyclic amines) is 1. The predicted octanol–water partition coefficient (Wildman–Crippen LogP) is 3.13. The molecule has 2 atom stereocenters. The first kappa shape index (κ1) is 15.7. The number of nitrogens with zero attached hydrogens (tertiary/aromatic N) is 1. The summed E-state index contributed by atoms with van der Waals surface area (Å²) in [7, 11) is 0. The van der Waals surface area contributed by atoms with Crippen molar-refractivity contribution in [2.24, 2.45) is 5.41 Å². The second-order valence-corrected chi connectivity index (χ2v) is 5.99. The molecular weight excluding hydrogens is 282 g/mol. The van der Waals surface area contributed by atoms with Crippen molar-refractivity contribution in [3.63, 3.8) is 0 Å². The van der Waals surface area contributed by atoms with Crippen molar-refractivity contribution in [3.8, 4) is 0 Å². The molecule has 2 nitrogen and oxygen atoms in total. The van der Waals surface area contributed by atoms with E-state index < -0.39 is 0 Å². The summed E-state index contributed by atoms with van der Waals surface area (Å²) < 4.78 is 27.1. The number of benzene rings is 1. The van der Waals surface area contributed by atoms with Gasteiger partial charge in [0.1, 0.15) is 11.6 Å². The van der Waals surface area contributed by atoms with Gasteiger partial charge in [-0.25, -0.2) is 8.78 Å². The van der Waals surface area contributed by atoms with Crippen molar-refractivity contribution in [2.45, 2.75) is 25.8 Å². The highest BCUT2D eigenvalue weighted by Crippen LogP contribution is 2.39. The van der Waals surface area contributed by atoms with Crippen molar-refractivity contribution in [3.05, 3.63) is 35.4 Å². The van der Waals surface area contributed by atoms with E-state index in [0.29, 0.717) is 11.0 Å². The third kappa shape index (κ3) is 2.83. The molecule has 0 amide bonds. The third-order valence-corrected chi connectivity index (χ3v) is 4.76. The normalized spacial score (nSPS) is 27.8. The van der Waals surface area contributed by atoms with Gasteiger partial charge in [-0.3, -0.25) is 4.90 Å². The Kier molecular flexibility index (Phi) is 4.67. The van der Waals surface area contributed by atoms with Gasteiger partial charge in [-0.15, -0.1) is 12.4 Å². The van der Waals surface area contributed by atoms with E-state index in [-0.39, 0.29) is 30.1 Å². The SMILES string of the molecule is CC(c1cc(F)ccc1F)N1CCC2(CCNC2)C1.Cl. The number of rotatable bonds is 2. The minimum absolute atomic E-state index is 0. The fourth-order valence-electron chi connectivity index (χ4n) is 3.48. The quantitative estimate of drug-likeness (QED) is 0.903. The zero-order chi connectivity index (χ0) is 13.5. The molecule has 112 valence electrons. The molecule has 3 rings (SSSR count). The summed E-state index contributed by atoms with van der Waals surface area (Å²) in [5, 5.41) is 3.41. The lowest BCUT2D eigenvalue weighted by Crippen LogP contribution is -2.31. The molecular formula is C15H21ClF2N2. The maximum atomic E-state index is 13.8. The zero-order valence-corrected chi connectivity index (χ0v) is 12.5. The third-order valence-electron chi connectivity index (χ3n) is 4.76. The van der Waals surface area contributed by atoms with Crippen LogP contribution in [0.3, 0.4) is 0 Å². The van der Waals surface area contributed by atoms with Gasteiger partial charge in [-0.05, 0) is 56.5 Å². The molecule has 20 heavy (non-hydrogen) atoms. The lowest BCUT2D eigenvalue weighted by Gasteiger charge is -2.28. The largest absolute Gasteiger partial charge is 0.316 e. The van der Waals surface area contributed by atoms with Crippen molar-refractivity contribution in [1.82, 2.24) is 10.2 Å². The van der Waals surface area contributed by atoms with Crippen LogP contribution in [0.5, 0.6) is 0 Å². The van der Waals surface area contributed by atoms with Gasteiger partial charge in [0.05, 0.1) is 0 Å².